The second kappa shape index (κ2) is 8.62. The Balaban J connectivity index is 2.50. The van der Waals surface area contributed by atoms with Crippen LogP contribution in [0.2, 0.25) is 0 Å². The molecule has 0 aromatic heterocycles. The summed E-state index contributed by atoms with van der Waals surface area (Å²) in [5.41, 5.74) is 0.613. The van der Waals surface area contributed by atoms with Crippen LogP contribution in [0.15, 0.2) is 18.2 Å². The molecule has 0 aliphatic carbocycles. The van der Waals surface area contributed by atoms with E-state index in [2.05, 4.69) is 10.6 Å². The summed E-state index contributed by atoms with van der Waals surface area (Å²) in [5.74, 6) is 0.0766. The van der Waals surface area contributed by atoms with Crippen molar-refractivity contribution in [2.75, 3.05) is 13.2 Å². The van der Waals surface area contributed by atoms with Crippen LogP contribution in [0.4, 0.5) is 4.39 Å². The topological polar surface area (TPSA) is 50.4 Å². The quantitative estimate of drug-likeness (QED) is 0.775. The summed E-state index contributed by atoms with van der Waals surface area (Å²) in [4.78, 5) is 11.5. The molecule has 1 aromatic carbocycles. The predicted octanol–water partition coefficient (Wildman–Crippen LogP) is 2.79. The number of nitrogens with one attached hydrogen (secondary N) is 2. The zero-order valence-electron chi connectivity index (χ0n) is 13.2. The van der Waals surface area contributed by atoms with E-state index in [9.17, 15) is 9.18 Å². The van der Waals surface area contributed by atoms with Crippen molar-refractivity contribution in [2.24, 2.45) is 0 Å². The summed E-state index contributed by atoms with van der Waals surface area (Å²) in [6.07, 6.45) is 0.259. The monoisotopic (exact) mass is 296 g/mol. The fraction of sp³-hybridized carbons (Fsp3) is 0.562. The van der Waals surface area contributed by atoms with Crippen molar-refractivity contribution in [3.05, 3.63) is 29.6 Å². The second-order valence-corrected chi connectivity index (χ2v) is 5.28. The van der Waals surface area contributed by atoms with Crippen LogP contribution in [0.25, 0.3) is 0 Å². The molecule has 1 aromatic rings. The third-order valence-electron chi connectivity index (χ3n) is 3.00. The summed E-state index contributed by atoms with van der Waals surface area (Å²) in [5, 5.41) is 5.94. The number of carbonyl (C=O) groups excluding carboxylic acids is 1. The SMILES string of the molecule is CCNC(C)c1ccc(OCCC(=O)NC(C)C)cc1F. The van der Waals surface area contributed by atoms with Crippen LogP contribution in [0, 0.1) is 5.82 Å². The Morgan fingerprint density at radius 3 is 2.62 bits per heavy atom. The summed E-state index contributed by atoms with van der Waals surface area (Å²) in [6, 6.07) is 4.88. The second-order valence-electron chi connectivity index (χ2n) is 5.28. The molecule has 0 saturated heterocycles. The molecule has 1 unspecified atom stereocenters. The van der Waals surface area contributed by atoms with Gasteiger partial charge in [0.25, 0.3) is 0 Å². The molecule has 5 heteroatoms. The maximum Gasteiger partial charge on any atom is 0.223 e. The number of benzene rings is 1. The highest BCUT2D eigenvalue weighted by Gasteiger charge is 2.11. The van der Waals surface area contributed by atoms with Crippen LogP contribution in [-0.4, -0.2) is 25.1 Å². The van der Waals surface area contributed by atoms with Crippen molar-refractivity contribution < 1.29 is 13.9 Å². The predicted molar refractivity (Wildman–Crippen MR) is 81.9 cm³/mol. The lowest BCUT2D eigenvalue weighted by Gasteiger charge is -2.15. The van der Waals surface area contributed by atoms with Crippen LogP contribution in [0.5, 0.6) is 5.75 Å². The first-order valence-corrected chi connectivity index (χ1v) is 7.39. The van der Waals surface area contributed by atoms with Crippen molar-refractivity contribution >= 4 is 5.91 Å². The number of hydrogen-bond donors (Lipinski definition) is 2. The molecular formula is C16H25FN2O2. The van der Waals surface area contributed by atoms with Crippen LogP contribution in [0.3, 0.4) is 0 Å². The van der Waals surface area contributed by atoms with Crippen LogP contribution in [0.1, 0.15) is 45.7 Å². The number of amides is 1. The molecule has 0 heterocycles. The molecular weight excluding hydrogens is 271 g/mol. The van der Waals surface area contributed by atoms with E-state index in [-0.39, 0.29) is 36.8 Å². The normalized spacial score (nSPS) is 12.3. The maximum atomic E-state index is 14.0. The van der Waals surface area contributed by atoms with Gasteiger partial charge in [-0.05, 0) is 33.4 Å². The molecule has 118 valence electrons. The van der Waals surface area contributed by atoms with E-state index in [0.717, 1.165) is 6.54 Å². The Hall–Kier alpha value is -1.62. The summed E-state index contributed by atoms with van der Waals surface area (Å²) >= 11 is 0. The molecule has 0 spiro atoms. The van der Waals surface area contributed by atoms with Crippen molar-refractivity contribution in [3.8, 4) is 5.75 Å². The highest BCUT2D eigenvalue weighted by molar-refractivity contribution is 5.76. The van der Waals surface area contributed by atoms with Gasteiger partial charge in [-0.2, -0.15) is 0 Å². The third kappa shape index (κ3) is 6.12. The highest BCUT2D eigenvalue weighted by Crippen LogP contribution is 2.21. The fourth-order valence-electron chi connectivity index (χ4n) is 2.02. The van der Waals surface area contributed by atoms with E-state index in [1.807, 2.05) is 27.7 Å². The van der Waals surface area contributed by atoms with Gasteiger partial charge in [-0.3, -0.25) is 4.79 Å². The van der Waals surface area contributed by atoms with Gasteiger partial charge in [0.2, 0.25) is 5.91 Å². The number of rotatable bonds is 8. The lowest BCUT2D eigenvalue weighted by Crippen LogP contribution is -2.31. The fourth-order valence-corrected chi connectivity index (χ4v) is 2.02. The first kappa shape index (κ1) is 17.4. The Kier molecular flexibility index (Phi) is 7.15. The van der Waals surface area contributed by atoms with Gasteiger partial charge in [0, 0.05) is 23.7 Å². The molecule has 1 atom stereocenters. The van der Waals surface area contributed by atoms with Gasteiger partial charge in [-0.15, -0.1) is 0 Å². The standard InChI is InChI=1S/C16H25FN2O2/c1-5-18-12(4)14-7-6-13(10-15(14)17)21-9-8-16(20)19-11(2)3/h6-7,10-12,18H,5,8-9H2,1-4H3,(H,19,20). The number of halogens is 1. The Labute approximate surface area is 126 Å². The molecule has 2 N–H and O–H groups in total. The summed E-state index contributed by atoms with van der Waals surface area (Å²) in [7, 11) is 0. The number of carbonyl (C=O) groups is 1. The molecule has 0 fully saturated rings. The van der Waals surface area contributed by atoms with E-state index in [4.69, 9.17) is 4.74 Å². The number of hydrogen-bond acceptors (Lipinski definition) is 3. The van der Waals surface area contributed by atoms with Gasteiger partial charge < -0.3 is 15.4 Å². The van der Waals surface area contributed by atoms with Crippen molar-refractivity contribution in [1.29, 1.82) is 0 Å². The lowest BCUT2D eigenvalue weighted by molar-refractivity contribution is -0.122. The van der Waals surface area contributed by atoms with Gasteiger partial charge in [0.15, 0.2) is 0 Å². The minimum absolute atomic E-state index is 0.0409. The smallest absolute Gasteiger partial charge is 0.223 e. The average molecular weight is 296 g/mol. The minimum Gasteiger partial charge on any atom is -0.493 e. The average Bonchev–Trinajstić information content (AvgIpc) is 2.38. The molecule has 0 saturated carbocycles. The molecule has 21 heavy (non-hydrogen) atoms. The van der Waals surface area contributed by atoms with Gasteiger partial charge in [-0.25, -0.2) is 4.39 Å². The Bertz CT molecular complexity index is 464. The van der Waals surface area contributed by atoms with Crippen LogP contribution < -0.4 is 15.4 Å². The van der Waals surface area contributed by atoms with Crippen molar-refractivity contribution in [3.63, 3.8) is 0 Å². The van der Waals surface area contributed by atoms with Gasteiger partial charge >= 0.3 is 0 Å². The zero-order valence-corrected chi connectivity index (χ0v) is 13.2. The maximum absolute atomic E-state index is 14.0. The molecule has 1 rings (SSSR count). The largest absolute Gasteiger partial charge is 0.493 e. The molecule has 0 radical (unpaired) electrons. The van der Waals surface area contributed by atoms with E-state index in [0.29, 0.717) is 11.3 Å². The number of ether oxygens (including phenoxy) is 1. The minimum atomic E-state index is -0.299. The Morgan fingerprint density at radius 2 is 2.05 bits per heavy atom. The van der Waals surface area contributed by atoms with Gasteiger partial charge in [0.1, 0.15) is 11.6 Å². The van der Waals surface area contributed by atoms with E-state index >= 15 is 0 Å². The first-order valence-electron chi connectivity index (χ1n) is 7.39. The van der Waals surface area contributed by atoms with Crippen molar-refractivity contribution in [2.45, 2.75) is 46.2 Å². The van der Waals surface area contributed by atoms with E-state index in [1.165, 1.54) is 6.07 Å². The summed E-state index contributed by atoms with van der Waals surface area (Å²) in [6.45, 7) is 8.72. The zero-order chi connectivity index (χ0) is 15.8. The van der Waals surface area contributed by atoms with Crippen LogP contribution in [-0.2, 0) is 4.79 Å². The van der Waals surface area contributed by atoms with Gasteiger partial charge in [-0.1, -0.05) is 13.0 Å². The van der Waals surface area contributed by atoms with E-state index in [1.54, 1.807) is 12.1 Å². The molecule has 4 nitrogen and oxygen atoms in total. The molecule has 1 amide bonds. The van der Waals surface area contributed by atoms with E-state index < -0.39 is 0 Å². The molecule has 0 bridgehead atoms. The van der Waals surface area contributed by atoms with Crippen LogP contribution >= 0.6 is 0 Å². The van der Waals surface area contributed by atoms with Gasteiger partial charge in [0.05, 0.1) is 13.0 Å². The molecule has 0 aliphatic rings. The first-order chi connectivity index (χ1) is 9.93. The summed E-state index contributed by atoms with van der Waals surface area (Å²) < 4.78 is 19.4. The molecule has 0 aliphatic heterocycles. The highest BCUT2D eigenvalue weighted by atomic mass is 19.1. The lowest BCUT2D eigenvalue weighted by atomic mass is 10.1. The Morgan fingerprint density at radius 1 is 1.33 bits per heavy atom. The van der Waals surface area contributed by atoms with Crippen molar-refractivity contribution in [1.82, 2.24) is 10.6 Å². The third-order valence-corrected chi connectivity index (χ3v) is 3.00.